The highest BCUT2D eigenvalue weighted by Crippen LogP contribution is 2.30. The molecule has 6 heteroatoms. The minimum absolute atomic E-state index is 0.366. The van der Waals surface area contributed by atoms with Crippen LogP contribution in [0.2, 0.25) is 0 Å². The summed E-state index contributed by atoms with van der Waals surface area (Å²) >= 11 is 0. The van der Waals surface area contributed by atoms with Crippen molar-refractivity contribution < 1.29 is 19.0 Å². The van der Waals surface area contributed by atoms with Crippen LogP contribution in [-0.2, 0) is 17.7 Å². The number of rotatable bonds is 7. The molecule has 0 N–H and O–H groups in total. The van der Waals surface area contributed by atoms with Crippen LogP contribution in [0, 0.1) is 0 Å². The smallest absolute Gasteiger partial charge is 0.337 e. The van der Waals surface area contributed by atoms with E-state index in [1.54, 1.807) is 20.3 Å². The van der Waals surface area contributed by atoms with E-state index in [9.17, 15) is 4.79 Å². The maximum Gasteiger partial charge on any atom is 0.337 e. The van der Waals surface area contributed by atoms with Crippen molar-refractivity contribution in [2.45, 2.75) is 13.0 Å². The van der Waals surface area contributed by atoms with E-state index in [2.05, 4.69) is 12.1 Å². The lowest BCUT2D eigenvalue weighted by Gasteiger charge is -2.09. The van der Waals surface area contributed by atoms with E-state index in [-0.39, 0.29) is 5.97 Å². The molecule has 31 heavy (non-hydrogen) atoms. The van der Waals surface area contributed by atoms with Crippen LogP contribution in [-0.4, -0.2) is 37.1 Å². The van der Waals surface area contributed by atoms with Gasteiger partial charge in [-0.15, -0.1) is 0 Å². The fraction of sp³-hybridized carbons (Fsp3) is 0.200. The zero-order chi connectivity index (χ0) is 21.8. The Hall–Kier alpha value is -3.80. The van der Waals surface area contributed by atoms with Crippen LogP contribution in [0.15, 0.2) is 66.7 Å². The van der Waals surface area contributed by atoms with Crippen molar-refractivity contribution in [1.29, 1.82) is 0 Å². The number of ether oxygens (including phenoxy) is 3. The molecule has 3 aromatic carbocycles. The number of hydrogen-bond acceptors (Lipinski definition) is 5. The quantitative estimate of drug-likeness (QED) is 0.416. The Kier molecular flexibility index (Phi) is 5.89. The first-order valence-electron chi connectivity index (χ1n) is 9.95. The molecular weight excluding hydrogens is 392 g/mol. The van der Waals surface area contributed by atoms with Gasteiger partial charge in [0.1, 0.15) is 0 Å². The molecule has 0 spiro atoms. The molecule has 1 aromatic heterocycles. The number of nitrogens with zero attached hydrogens (tertiary/aromatic N) is 2. The lowest BCUT2D eigenvalue weighted by Crippen LogP contribution is -2.03. The Labute approximate surface area is 181 Å². The monoisotopic (exact) mass is 416 g/mol. The summed E-state index contributed by atoms with van der Waals surface area (Å²) in [5.41, 5.74) is 4.53. The van der Waals surface area contributed by atoms with Gasteiger partial charge < -0.3 is 14.2 Å². The SMILES string of the molecule is COC(=O)c1ccc2c(c1)c(Cc1ccc(OC)c(OC)c1)nn2Cc1ccccc1. The van der Waals surface area contributed by atoms with Crippen LogP contribution >= 0.6 is 0 Å². The molecular formula is C25H24N2O4. The summed E-state index contributed by atoms with van der Waals surface area (Å²) in [5.74, 6) is 0.983. The zero-order valence-corrected chi connectivity index (χ0v) is 17.8. The van der Waals surface area contributed by atoms with Gasteiger partial charge in [-0.1, -0.05) is 36.4 Å². The van der Waals surface area contributed by atoms with Gasteiger partial charge in [0.05, 0.1) is 44.6 Å². The molecule has 0 saturated carbocycles. The van der Waals surface area contributed by atoms with E-state index in [4.69, 9.17) is 19.3 Å². The number of carbonyl (C=O) groups excluding carboxylic acids is 1. The third-order valence-electron chi connectivity index (χ3n) is 5.24. The number of esters is 1. The van der Waals surface area contributed by atoms with Gasteiger partial charge in [-0.05, 0) is 41.5 Å². The largest absolute Gasteiger partial charge is 0.493 e. The zero-order valence-electron chi connectivity index (χ0n) is 17.8. The summed E-state index contributed by atoms with van der Waals surface area (Å²) in [6.07, 6.45) is 0.587. The second kappa shape index (κ2) is 8.92. The van der Waals surface area contributed by atoms with Crippen molar-refractivity contribution in [2.75, 3.05) is 21.3 Å². The van der Waals surface area contributed by atoms with Gasteiger partial charge in [-0.25, -0.2) is 4.79 Å². The van der Waals surface area contributed by atoms with E-state index >= 15 is 0 Å². The van der Waals surface area contributed by atoms with E-state index < -0.39 is 0 Å². The minimum atomic E-state index is -0.366. The Bertz CT molecular complexity index is 1220. The number of benzene rings is 3. The number of methoxy groups -OCH3 is 3. The number of fused-ring (bicyclic) bond motifs is 1. The van der Waals surface area contributed by atoms with Gasteiger partial charge in [-0.2, -0.15) is 5.10 Å². The summed E-state index contributed by atoms with van der Waals surface area (Å²) < 4.78 is 17.7. The van der Waals surface area contributed by atoms with Gasteiger partial charge in [0.15, 0.2) is 11.5 Å². The highest BCUT2D eigenvalue weighted by molar-refractivity contribution is 5.95. The van der Waals surface area contributed by atoms with E-state index in [0.29, 0.717) is 30.0 Å². The van der Waals surface area contributed by atoms with Crippen molar-refractivity contribution in [3.8, 4) is 11.5 Å². The average Bonchev–Trinajstić information content (AvgIpc) is 3.15. The normalized spacial score (nSPS) is 10.8. The van der Waals surface area contributed by atoms with Crippen molar-refractivity contribution in [2.24, 2.45) is 0 Å². The first-order chi connectivity index (χ1) is 15.1. The van der Waals surface area contributed by atoms with E-state index in [1.165, 1.54) is 7.11 Å². The minimum Gasteiger partial charge on any atom is -0.493 e. The third-order valence-corrected chi connectivity index (χ3v) is 5.24. The van der Waals surface area contributed by atoms with Crippen LogP contribution in [0.1, 0.15) is 27.2 Å². The molecule has 0 bridgehead atoms. The fourth-order valence-electron chi connectivity index (χ4n) is 3.68. The molecule has 0 aliphatic carbocycles. The second-order valence-electron chi connectivity index (χ2n) is 7.18. The highest BCUT2D eigenvalue weighted by atomic mass is 16.5. The second-order valence-corrected chi connectivity index (χ2v) is 7.18. The number of carbonyl (C=O) groups is 1. The summed E-state index contributed by atoms with van der Waals surface area (Å²) in [7, 11) is 4.62. The van der Waals surface area contributed by atoms with Crippen LogP contribution in [0.25, 0.3) is 10.9 Å². The molecule has 0 aliphatic rings. The summed E-state index contributed by atoms with van der Waals surface area (Å²) in [4.78, 5) is 12.1. The van der Waals surface area contributed by atoms with E-state index in [0.717, 1.165) is 27.7 Å². The van der Waals surface area contributed by atoms with E-state index in [1.807, 2.05) is 53.2 Å². The predicted octanol–water partition coefficient (Wildman–Crippen LogP) is 4.48. The molecule has 0 atom stereocenters. The van der Waals surface area contributed by atoms with Crippen molar-refractivity contribution in [3.05, 3.63) is 89.1 Å². The standard InChI is InChI=1S/C25H24N2O4/c1-29-23-12-9-18(14-24(23)30-2)13-21-20-15-19(25(28)31-3)10-11-22(20)27(26-21)16-17-7-5-4-6-8-17/h4-12,14-15H,13,16H2,1-3H3. The maximum absolute atomic E-state index is 12.1. The maximum atomic E-state index is 12.1. The Morgan fingerprint density at radius 2 is 1.65 bits per heavy atom. The van der Waals surface area contributed by atoms with Crippen LogP contribution in [0.4, 0.5) is 0 Å². The summed E-state index contributed by atoms with van der Waals surface area (Å²) in [6, 6.07) is 21.6. The summed E-state index contributed by atoms with van der Waals surface area (Å²) in [5, 5.41) is 5.82. The van der Waals surface area contributed by atoms with Crippen molar-refractivity contribution >= 4 is 16.9 Å². The van der Waals surface area contributed by atoms with Gasteiger partial charge >= 0.3 is 5.97 Å². The molecule has 0 amide bonds. The summed E-state index contributed by atoms with van der Waals surface area (Å²) in [6.45, 7) is 0.640. The first-order valence-corrected chi connectivity index (χ1v) is 9.95. The average molecular weight is 416 g/mol. The van der Waals surface area contributed by atoms with Crippen LogP contribution in [0.3, 0.4) is 0 Å². The molecule has 0 saturated heterocycles. The lowest BCUT2D eigenvalue weighted by molar-refractivity contribution is 0.0601. The fourth-order valence-corrected chi connectivity index (χ4v) is 3.68. The lowest BCUT2D eigenvalue weighted by atomic mass is 10.0. The van der Waals surface area contributed by atoms with Crippen LogP contribution in [0.5, 0.6) is 11.5 Å². The Morgan fingerprint density at radius 3 is 2.35 bits per heavy atom. The Balaban J connectivity index is 1.78. The molecule has 0 radical (unpaired) electrons. The molecule has 1 heterocycles. The van der Waals surface area contributed by atoms with Gasteiger partial charge in [0.25, 0.3) is 0 Å². The molecule has 0 aliphatic heterocycles. The van der Waals surface area contributed by atoms with Gasteiger partial charge in [0, 0.05) is 11.8 Å². The molecule has 6 nitrogen and oxygen atoms in total. The topological polar surface area (TPSA) is 62.6 Å². The molecule has 0 fully saturated rings. The molecule has 4 rings (SSSR count). The van der Waals surface area contributed by atoms with Crippen molar-refractivity contribution in [1.82, 2.24) is 9.78 Å². The molecule has 4 aromatic rings. The molecule has 158 valence electrons. The third kappa shape index (κ3) is 4.23. The van der Waals surface area contributed by atoms with Crippen LogP contribution < -0.4 is 9.47 Å². The van der Waals surface area contributed by atoms with Crippen molar-refractivity contribution in [3.63, 3.8) is 0 Å². The Morgan fingerprint density at radius 1 is 0.871 bits per heavy atom. The number of hydrogen-bond donors (Lipinski definition) is 0. The molecule has 0 unspecified atom stereocenters. The first kappa shape index (κ1) is 20.5. The van der Waals surface area contributed by atoms with Gasteiger partial charge in [-0.3, -0.25) is 4.68 Å². The highest BCUT2D eigenvalue weighted by Gasteiger charge is 2.16. The predicted molar refractivity (Wildman–Crippen MR) is 119 cm³/mol. The van der Waals surface area contributed by atoms with Gasteiger partial charge in [0.2, 0.25) is 0 Å². The number of aromatic nitrogens is 2.